The van der Waals surface area contributed by atoms with Gasteiger partial charge in [-0.3, -0.25) is 4.79 Å². The van der Waals surface area contributed by atoms with Gasteiger partial charge in [-0.2, -0.15) is 0 Å². The number of carbonyl (C=O) groups excluding carboxylic acids is 1. The summed E-state index contributed by atoms with van der Waals surface area (Å²) in [6, 6.07) is 12.6. The fourth-order valence-electron chi connectivity index (χ4n) is 2.01. The van der Waals surface area contributed by atoms with Crippen molar-refractivity contribution in [3.8, 4) is 0 Å². The number of hydrogen-bond donors (Lipinski definition) is 3. The van der Waals surface area contributed by atoms with Crippen LogP contribution in [0.2, 0.25) is 0 Å². The Morgan fingerprint density at radius 3 is 1.91 bits per heavy atom. The molecule has 3 N–H and O–H groups in total. The number of amides is 1. The van der Waals surface area contributed by atoms with Crippen LogP contribution in [0.15, 0.2) is 54.6 Å². The normalized spacial score (nSPS) is 11.5. The van der Waals surface area contributed by atoms with Gasteiger partial charge in [0.1, 0.15) is 0 Å². The lowest BCUT2D eigenvalue weighted by Gasteiger charge is -2.15. The van der Waals surface area contributed by atoms with E-state index in [1.54, 1.807) is 30.3 Å². The zero-order chi connectivity index (χ0) is 16.1. The molecule has 0 aromatic heterocycles. The molecule has 0 saturated carbocycles. The first-order valence-corrected chi connectivity index (χ1v) is 6.41. The van der Waals surface area contributed by atoms with Crippen molar-refractivity contribution in [2.24, 2.45) is 0 Å². The fraction of sp³-hybridized carbons (Fsp3) is 0.0625. The molecule has 0 unspecified atom stereocenters. The Kier molecular flexibility index (Phi) is 4.53. The smallest absolute Gasteiger partial charge is 0.336 e. The van der Waals surface area contributed by atoms with Crippen LogP contribution in [0.25, 0.3) is 0 Å². The van der Waals surface area contributed by atoms with Gasteiger partial charge in [-0.05, 0) is 17.7 Å². The lowest BCUT2D eigenvalue weighted by molar-refractivity contribution is -0.139. The molecule has 0 fully saturated rings. The highest BCUT2D eigenvalue weighted by Gasteiger charge is 2.24. The molecule has 1 atom stereocenters. The Morgan fingerprint density at radius 2 is 1.36 bits per heavy atom. The van der Waals surface area contributed by atoms with Crippen LogP contribution in [0.3, 0.4) is 0 Å². The topological polar surface area (TPSA) is 104 Å². The van der Waals surface area contributed by atoms with E-state index in [0.717, 1.165) is 0 Å². The summed E-state index contributed by atoms with van der Waals surface area (Å²) in [4.78, 5) is 34.7. The second kappa shape index (κ2) is 6.53. The summed E-state index contributed by atoms with van der Waals surface area (Å²) < 4.78 is 0. The van der Waals surface area contributed by atoms with E-state index in [-0.39, 0.29) is 11.1 Å². The molecule has 0 saturated heterocycles. The van der Waals surface area contributed by atoms with E-state index in [4.69, 9.17) is 5.11 Å². The molecule has 112 valence electrons. The highest BCUT2D eigenvalue weighted by atomic mass is 16.4. The molecule has 6 heteroatoms. The highest BCUT2D eigenvalue weighted by Crippen LogP contribution is 2.15. The molecule has 2 aromatic carbocycles. The van der Waals surface area contributed by atoms with Crippen LogP contribution < -0.4 is 5.32 Å². The SMILES string of the molecule is O=C(O)c1ccccc1C(=O)N[C@H](C(=O)O)c1ccccc1. The monoisotopic (exact) mass is 299 g/mol. The average molecular weight is 299 g/mol. The van der Waals surface area contributed by atoms with Gasteiger partial charge in [0.15, 0.2) is 6.04 Å². The molecule has 0 radical (unpaired) electrons. The molecule has 0 aliphatic heterocycles. The van der Waals surface area contributed by atoms with Gasteiger partial charge in [0.2, 0.25) is 0 Å². The first-order valence-electron chi connectivity index (χ1n) is 6.41. The van der Waals surface area contributed by atoms with Gasteiger partial charge in [0.05, 0.1) is 11.1 Å². The molecule has 1 amide bonds. The molecule has 0 aliphatic rings. The molecular weight excluding hydrogens is 286 g/mol. The number of aliphatic carboxylic acids is 1. The highest BCUT2D eigenvalue weighted by molar-refractivity contribution is 6.05. The van der Waals surface area contributed by atoms with Crippen LogP contribution in [0.5, 0.6) is 0 Å². The van der Waals surface area contributed by atoms with E-state index >= 15 is 0 Å². The minimum atomic E-state index is -1.25. The van der Waals surface area contributed by atoms with E-state index in [9.17, 15) is 19.5 Å². The maximum Gasteiger partial charge on any atom is 0.336 e. The molecule has 2 rings (SSSR count). The Balaban J connectivity index is 2.30. The second-order valence-corrected chi connectivity index (χ2v) is 4.51. The van der Waals surface area contributed by atoms with E-state index in [1.165, 1.54) is 24.3 Å². The first kappa shape index (κ1) is 15.2. The predicted octanol–water partition coefficient (Wildman–Crippen LogP) is 1.94. The van der Waals surface area contributed by atoms with Crippen molar-refractivity contribution >= 4 is 17.8 Å². The van der Waals surface area contributed by atoms with Crippen LogP contribution in [-0.2, 0) is 4.79 Å². The quantitative estimate of drug-likeness (QED) is 0.782. The standard InChI is InChI=1S/C16H13NO5/c18-14(11-8-4-5-9-12(11)15(19)20)17-13(16(21)22)10-6-2-1-3-7-10/h1-9,13H,(H,17,18)(H,19,20)(H,21,22)/t13-/m0/s1. The van der Waals surface area contributed by atoms with Crippen molar-refractivity contribution in [2.75, 3.05) is 0 Å². The van der Waals surface area contributed by atoms with Crippen molar-refractivity contribution in [3.05, 3.63) is 71.3 Å². The zero-order valence-electron chi connectivity index (χ0n) is 11.4. The minimum absolute atomic E-state index is 0.0859. The van der Waals surface area contributed by atoms with Gasteiger partial charge in [0, 0.05) is 0 Å². The molecular formula is C16H13NO5. The number of carboxylic acid groups (broad SMARTS) is 2. The number of nitrogens with one attached hydrogen (secondary N) is 1. The third-order valence-electron chi connectivity index (χ3n) is 3.06. The second-order valence-electron chi connectivity index (χ2n) is 4.51. The number of carboxylic acids is 2. The molecule has 0 heterocycles. The number of carbonyl (C=O) groups is 3. The van der Waals surface area contributed by atoms with Gasteiger partial charge < -0.3 is 15.5 Å². The van der Waals surface area contributed by atoms with Crippen molar-refractivity contribution in [2.45, 2.75) is 6.04 Å². The maximum atomic E-state index is 12.2. The van der Waals surface area contributed by atoms with Gasteiger partial charge in [-0.1, -0.05) is 42.5 Å². The van der Waals surface area contributed by atoms with Gasteiger partial charge in [-0.15, -0.1) is 0 Å². The summed E-state index contributed by atoms with van der Waals surface area (Å²) in [6.07, 6.45) is 0. The maximum absolute atomic E-state index is 12.2. The van der Waals surface area contributed by atoms with E-state index in [0.29, 0.717) is 5.56 Å². The van der Waals surface area contributed by atoms with E-state index in [2.05, 4.69) is 5.32 Å². The van der Waals surface area contributed by atoms with Crippen molar-refractivity contribution in [3.63, 3.8) is 0 Å². The fourth-order valence-corrected chi connectivity index (χ4v) is 2.01. The number of benzene rings is 2. The van der Waals surface area contributed by atoms with E-state index in [1.807, 2.05) is 0 Å². The molecule has 22 heavy (non-hydrogen) atoms. The molecule has 6 nitrogen and oxygen atoms in total. The summed E-state index contributed by atoms with van der Waals surface area (Å²) in [5, 5.41) is 20.7. The molecule has 0 bridgehead atoms. The summed E-state index contributed by atoms with van der Waals surface area (Å²) in [5.74, 6) is -3.24. The van der Waals surface area contributed by atoms with Gasteiger partial charge >= 0.3 is 11.9 Å². The van der Waals surface area contributed by atoms with Crippen LogP contribution in [0.1, 0.15) is 32.3 Å². The van der Waals surface area contributed by atoms with Crippen LogP contribution in [0.4, 0.5) is 0 Å². The van der Waals surface area contributed by atoms with Crippen molar-refractivity contribution in [1.29, 1.82) is 0 Å². The lowest BCUT2D eigenvalue weighted by Crippen LogP contribution is -2.34. The Morgan fingerprint density at radius 1 is 0.818 bits per heavy atom. The molecule has 0 spiro atoms. The van der Waals surface area contributed by atoms with Gasteiger partial charge in [-0.25, -0.2) is 9.59 Å². The summed E-state index contributed by atoms with van der Waals surface area (Å²) in [7, 11) is 0. The number of aromatic carboxylic acids is 1. The third kappa shape index (κ3) is 3.29. The minimum Gasteiger partial charge on any atom is -0.479 e. The van der Waals surface area contributed by atoms with E-state index < -0.39 is 23.9 Å². The Hall–Kier alpha value is -3.15. The average Bonchev–Trinajstić information content (AvgIpc) is 2.52. The molecule has 2 aromatic rings. The number of hydrogen-bond acceptors (Lipinski definition) is 3. The molecule has 0 aliphatic carbocycles. The summed E-state index contributed by atoms with van der Waals surface area (Å²) in [6.45, 7) is 0. The Labute approximate surface area is 126 Å². The van der Waals surface area contributed by atoms with Crippen molar-refractivity contribution in [1.82, 2.24) is 5.32 Å². The third-order valence-corrected chi connectivity index (χ3v) is 3.06. The lowest BCUT2D eigenvalue weighted by atomic mass is 10.0. The number of rotatable bonds is 5. The Bertz CT molecular complexity index is 711. The van der Waals surface area contributed by atoms with Crippen LogP contribution >= 0.6 is 0 Å². The van der Waals surface area contributed by atoms with Crippen LogP contribution in [0, 0.1) is 0 Å². The summed E-state index contributed by atoms with van der Waals surface area (Å²) in [5.41, 5.74) is 0.130. The largest absolute Gasteiger partial charge is 0.479 e. The first-order chi connectivity index (χ1) is 10.5. The van der Waals surface area contributed by atoms with Crippen molar-refractivity contribution < 1.29 is 24.6 Å². The summed E-state index contributed by atoms with van der Waals surface area (Å²) >= 11 is 0. The predicted molar refractivity (Wildman–Crippen MR) is 77.7 cm³/mol. The van der Waals surface area contributed by atoms with Crippen LogP contribution in [-0.4, -0.2) is 28.1 Å². The van der Waals surface area contributed by atoms with Gasteiger partial charge in [0.25, 0.3) is 5.91 Å². The zero-order valence-corrected chi connectivity index (χ0v) is 11.4.